The molecule has 0 bridgehead atoms. The Balaban J connectivity index is 2.12. The number of aromatic nitrogens is 1. The highest BCUT2D eigenvalue weighted by atomic mass is 79.9. The number of para-hydroxylation sites is 1. The van der Waals surface area contributed by atoms with Crippen molar-refractivity contribution in [1.82, 2.24) is 4.98 Å². The molecular formula is C14H12Br2N2O. The minimum atomic E-state index is -0.0769. The molecule has 98 valence electrons. The first-order valence-corrected chi connectivity index (χ1v) is 7.87. The van der Waals surface area contributed by atoms with Gasteiger partial charge in [0, 0.05) is 22.6 Å². The van der Waals surface area contributed by atoms with Crippen molar-refractivity contribution in [2.24, 2.45) is 0 Å². The van der Waals surface area contributed by atoms with Gasteiger partial charge in [-0.1, -0.05) is 28.1 Å². The fraction of sp³-hybridized carbons (Fsp3) is 0.286. The molecule has 19 heavy (non-hydrogen) atoms. The molecule has 5 heteroatoms. The van der Waals surface area contributed by atoms with E-state index in [0.717, 1.165) is 40.4 Å². The Morgan fingerprint density at radius 3 is 3.05 bits per heavy atom. The van der Waals surface area contributed by atoms with Crippen molar-refractivity contribution < 1.29 is 4.79 Å². The SMILES string of the molecule is O=C1C(Br)CCCN1c1cccc2cc(Br)cnc12. The first-order valence-electron chi connectivity index (χ1n) is 6.16. The van der Waals surface area contributed by atoms with Crippen LogP contribution in [0.3, 0.4) is 0 Å². The molecule has 3 rings (SSSR count). The van der Waals surface area contributed by atoms with E-state index >= 15 is 0 Å². The highest BCUT2D eigenvalue weighted by Crippen LogP contribution is 2.30. The molecule has 0 spiro atoms. The van der Waals surface area contributed by atoms with E-state index in [1.807, 2.05) is 29.2 Å². The number of hydrogen-bond acceptors (Lipinski definition) is 2. The predicted molar refractivity (Wildman–Crippen MR) is 83.7 cm³/mol. The van der Waals surface area contributed by atoms with Gasteiger partial charge in [0.15, 0.2) is 0 Å². The standard InChI is InChI=1S/C14H12Br2N2O/c15-10-7-9-3-1-5-12(13(9)17-8-10)18-6-2-4-11(16)14(18)19/h1,3,5,7-8,11H,2,4,6H2. The molecule has 1 aromatic heterocycles. The summed E-state index contributed by atoms with van der Waals surface area (Å²) in [6.45, 7) is 0.762. The fourth-order valence-corrected chi connectivity index (χ4v) is 3.33. The van der Waals surface area contributed by atoms with Gasteiger partial charge in [-0.25, -0.2) is 0 Å². The van der Waals surface area contributed by atoms with E-state index in [1.54, 1.807) is 6.20 Å². The number of pyridine rings is 1. The normalized spacial score (nSPS) is 20.0. The highest BCUT2D eigenvalue weighted by Gasteiger charge is 2.28. The molecule has 0 aliphatic carbocycles. The number of carbonyl (C=O) groups is 1. The second-order valence-corrected chi connectivity index (χ2v) is 6.62. The van der Waals surface area contributed by atoms with E-state index in [-0.39, 0.29) is 10.7 Å². The van der Waals surface area contributed by atoms with E-state index in [0.29, 0.717) is 0 Å². The molecule has 0 radical (unpaired) electrons. The van der Waals surface area contributed by atoms with E-state index < -0.39 is 0 Å². The molecule has 0 N–H and O–H groups in total. The van der Waals surface area contributed by atoms with Crippen LogP contribution in [0.1, 0.15) is 12.8 Å². The van der Waals surface area contributed by atoms with Crippen LogP contribution in [0.5, 0.6) is 0 Å². The molecule has 1 aromatic carbocycles. The zero-order valence-corrected chi connectivity index (χ0v) is 13.3. The summed E-state index contributed by atoms with van der Waals surface area (Å²) >= 11 is 6.87. The highest BCUT2D eigenvalue weighted by molar-refractivity contribution is 9.10. The largest absolute Gasteiger partial charge is 0.309 e. The third kappa shape index (κ3) is 2.41. The Bertz CT molecular complexity index is 644. The van der Waals surface area contributed by atoms with Crippen LogP contribution in [0.4, 0.5) is 5.69 Å². The Labute approximate surface area is 128 Å². The zero-order valence-electron chi connectivity index (χ0n) is 10.1. The second kappa shape index (κ2) is 5.21. The van der Waals surface area contributed by atoms with E-state index in [9.17, 15) is 4.79 Å². The summed E-state index contributed by atoms with van der Waals surface area (Å²) in [7, 11) is 0. The molecule has 2 heterocycles. The maximum Gasteiger partial charge on any atom is 0.240 e. The van der Waals surface area contributed by atoms with Crippen molar-refractivity contribution in [3.63, 3.8) is 0 Å². The van der Waals surface area contributed by atoms with E-state index in [2.05, 4.69) is 36.8 Å². The zero-order chi connectivity index (χ0) is 13.4. The van der Waals surface area contributed by atoms with Gasteiger partial charge in [0.1, 0.15) is 0 Å². The predicted octanol–water partition coefficient (Wildman–Crippen LogP) is 3.89. The molecule has 1 saturated heterocycles. The van der Waals surface area contributed by atoms with Gasteiger partial charge in [0.25, 0.3) is 0 Å². The lowest BCUT2D eigenvalue weighted by molar-refractivity contribution is -0.118. The van der Waals surface area contributed by atoms with Gasteiger partial charge in [-0.15, -0.1) is 0 Å². The van der Waals surface area contributed by atoms with Crippen LogP contribution >= 0.6 is 31.9 Å². The summed E-state index contributed by atoms with van der Waals surface area (Å²) in [5, 5.41) is 1.04. The number of anilines is 1. The topological polar surface area (TPSA) is 33.2 Å². The van der Waals surface area contributed by atoms with Crippen LogP contribution in [-0.2, 0) is 4.79 Å². The lowest BCUT2D eigenvalue weighted by atomic mass is 10.1. The van der Waals surface area contributed by atoms with Gasteiger partial charge in [-0.2, -0.15) is 0 Å². The lowest BCUT2D eigenvalue weighted by Crippen LogP contribution is -2.41. The van der Waals surface area contributed by atoms with Crippen molar-refractivity contribution >= 4 is 54.4 Å². The number of nitrogens with zero attached hydrogens (tertiary/aromatic N) is 2. The van der Waals surface area contributed by atoms with Crippen molar-refractivity contribution in [3.05, 3.63) is 34.9 Å². The number of benzene rings is 1. The van der Waals surface area contributed by atoms with Gasteiger partial charge in [0.2, 0.25) is 5.91 Å². The van der Waals surface area contributed by atoms with Crippen LogP contribution in [0.2, 0.25) is 0 Å². The number of hydrogen-bond donors (Lipinski definition) is 0. The van der Waals surface area contributed by atoms with Crippen LogP contribution in [0.15, 0.2) is 34.9 Å². The monoisotopic (exact) mass is 382 g/mol. The quantitative estimate of drug-likeness (QED) is 0.700. The van der Waals surface area contributed by atoms with Crippen LogP contribution < -0.4 is 4.90 Å². The Kier molecular flexibility index (Phi) is 3.58. The van der Waals surface area contributed by atoms with Crippen molar-refractivity contribution in [2.75, 3.05) is 11.4 Å². The molecule has 3 nitrogen and oxygen atoms in total. The van der Waals surface area contributed by atoms with Crippen molar-refractivity contribution in [3.8, 4) is 0 Å². The van der Waals surface area contributed by atoms with Gasteiger partial charge >= 0.3 is 0 Å². The van der Waals surface area contributed by atoms with Crippen LogP contribution in [-0.4, -0.2) is 22.3 Å². The second-order valence-electron chi connectivity index (χ2n) is 4.60. The first-order chi connectivity index (χ1) is 9.16. The summed E-state index contributed by atoms with van der Waals surface area (Å²) in [5.74, 6) is 0.128. The Morgan fingerprint density at radius 2 is 2.21 bits per heavy atom. The minimum Gasteiger partial charge on any atom is -0.309 e. The molecule has 1 unspecified atom stereocenters. The third-order valence-corrected chi connectivity index (χ3v) is 4.60. The third-order valence-electron chi connectivity index (χ3n) is 3.32. The first kappa shape index (κ1) is 13.1. The van der Waals surface area contributed by atoms with Gasteiger partial charge in [0.05, 0.1) is 16.0 Å². The summed E-state index contributed by atoms with van der Waals surface area (Å²) in [6.07, 6.45) is 3.68. The average Bonchev–Trinajstić information content (AvgIpc) is 2.41. The maximum atomic E-state index is 12.3. The molecule has 1 atom stereocenters. The summed E-state index contributed by atoms with van der Waals surface area (Å²) in [5.41, 5.74) is 1.78. The average molecular weight is 384 g/mol. The maximum absolute atomic E-state index is 12.3. The fourth-order valence-electron chi connectivity index (χ4n) is 2.41. The number of rotatable bonds is 1. The summed E-state index contributed by atoms with van der Waals surface area (Å²) in [6, 6.07) is 7.96. The van der Waals surface area contributed by atoms with E-state index in [4.69, 9.17) is 0 Å². The number of carbonyl (C=O) groups excluding carboxylic acids is 1. The summed E-state index contributed by atoms with van der Waals surface area (Å²) < 4.78 is 0.945. The number of fused-ring (bicyclic) bond motifs is 1. The molecule has 0 saturated carbocycles. The smallest absolute Gasteiger partial charge is 0.240 e. The van der Waals surface area contributed by atoms with Gasteiger partial charge in [-0.3, -0.25) is 9.78 Å². The van der Waals surface area contributed by atoms with Crippen molar-refractivity contribution in [1.29, 1.82) is 0 Å². The Hall–Kier alpha value is -0.940. The molecular weight excluding hydrogens is 372 g/mol. The van der Waals surface area contributed by atoms with Gasteiger partial charge in [-0.05, 0) is 40.9 Å². The molecule has 1 amide bonds. The van der Waals surface area contributed by atoms with E-state index in [1.165, 1.54) is 0 Å². The minimum absolute atomic E-state index is 0.0769. The molecule has 1 fully saturated rings. The number of amides is 1. The van der Waals surface area contributed by atoms with Crippen LogP contribution in [0, 0.1) is 0 Å². The van der Waals surface area contributed by atoms with Gasteiger partial charge < -0.3 is 4.90 Å². The molecule has 2 aromatic rings. The number of piperidine rings is 1. The number of alkyl halides is 1. The Morgan fingerprint density at radius 1 is 1.37 bits per heavy atom. The number of halogens is 2. The van der Waals surface area contributed by atoms with Crippen LogP contribution in [0.25, 0.3) is 10.9 Å². The molecule has 1 aliphatic heterocycles. The van der Waals surface area contributed by atoms with Crippen molar-refractivity contribution in [2.45, 2.75) is 17.7 Å². The molecule has 1 aliphatic rings. The lowest BCUT2D eigenvalue weighted by Gasteiger charge is -2.30. The summed E-state index contributed by atoms with van der Waals surface area (Å²) in [4.78, 5) is 18.5.